The molecular weight excluding hydrogens is 388 g/mol. The molecule has 0 unspecified atom stereocenters. The summed E-state index contributed by atoms with van der Waals surface area (Å²) in [4.78, 5) is 13.0. The SMILES string of the molecule is O=Cc1ccc(OCc2ccccc2)c(C2CCCCC2)c1SCc1ccccc1. The molecule has 154 valence electrons. The Labute approximate surface area is 183 Å². The van der Waals surface area contributed by atoms with Crippen LogP contribution in [0.5, 0.6) is 5.75 Å². The average Bonchev–Trinajstić information content (AvgIpc) is 2.83. The van der Waals surface area contributed by atoms with Crippen molar-refractivity contribution < 1.29 is 9.53 Å². The Morgan fingerprint density at radius 3 is 2.17 bits per heavy atom. The van der Waals surface area contributed by atoms with E-state index in [1.165, 1.54) is 43.2 Å². The van der Waals surface area contributed by atoms with Crippen LogP contribution >= 0.6 is 11.8 Å². The third-order valence-corrected chi connectivity index (χ3v) is 7.01. The molecule has 0 aromatic heterocycles. The van der Waals surface area contributed by atoms with E-state index < -0.39 is 0 Å². The molecule has 0 atom stereocenters. The van der Waals surface area contributed by atoms with Gasteiger partial charge in [0.2, 0.25) is 0 Å². The lowest BCUT2D eigenvalue weighted by molar-refractivity contribution is 0.112. The predicted molar refractivity (Wildman–Crippen MR) is 124 cm³/mol. The topological polar surface area (TPSA) is 26.3 Å². The maximum atomic E-state index is 11.9. The third-order valence-electron chi connectivity index (χ3n) is 5.79. The number of hydrogen-bond acceptors (Lipinski definition) is 3. The molecule has 3 heteroatoms. The van der Waals surface area contributed by atoms with Crippen molar-refractivity contribution in [1.82, 2.24) is 0 Å². The number of carbonyl (C=O) groups excluding carboxylic acids is 1. The van der Waals surface area contributed by atoms with E-state index in [0.29, 0.717) is 12.5 Å². The summed E-state index contributed by atoms with van der Waals surface area (Å²) in [7, 11) is 0. The lowest BCUT2D eigenvalue weighted by atomic mass is 9.83. The predicted octanol–water partition coefficient (Wildman–Crippen LogP) is 7.42. The molecule has 1 aliphatic carbocycles. The molecule has 0 heterocycles. The van der Waals surface area contributed by atoms with Crippen LogP contribution in [0, 0.1) is 0 Å². The summed E-state index contributed by atoms with van der Waals surface area (Å²) in [6.45, 7) is 0.545. The molecule has 0 N–H and O–H groups in total. The molecule has 0 saturated heterocycles. The number of hydrogen-bond donors (Lipinski definition) is 0. The molecular formula is C27H28O2S. The Morgan fingerprint density at radius 2 is 1.50 bits per heavy atom. The molecule has 0 aliphatic heterocycles. The van der Waals surface area contributed by atoms with Gasteiger partial charge >= 0.3 is 0 Å². The minimum absolute atomic E-state index is 0.461. The molecule has 2 nitrogen and oxygen atoms in total. The molecule has 0 radical (unpaired) electrons. The van der Waals surface area contributed by atoms with Gasteiger partial charge in [0.25, 0.3) is 0 Å². The van der Waals surface area contributed by atoms with Crippen LogP contribution in [0.2, 0.25) is 0 Å². The van der Waals surface area contributed by atoms with E-state index in [1.54, 1.807) is 11.8 Å². The minimum Gasteiger partial charge on any atom is -0.489 e. The van der Waals surface area contributed by atoms with Gasteiger partial charge in [0, 0.05) is 21.8 Å². The first-order valence-electron chi connectivity index (χ1n) is 10.8. The van der Waals surface area contributed by atoms with E-state index in [9.17, 15) is 4.79 Å². The minimum atomic E-state index is 0.461. The molecule has 1 aliphatic rings. The highest BCUT2D eigenvalue weighted by atomic mass is 32.2. The zero-order valence-electron chi connectivity index (χ0n) is 17.3. The van der Waals surface area contributed by atoms with Crippen LogP contribution < -0.4 is 4.74 Å². The summed E-state index contributed by atoms with van der Waals surface area (Å²) in [5, 5.41) is 0. The van der Waals surface area contributed by atoms with Gasteiger partial charge in [-0.1, -0.05) is 79.9 Å². The van der Waals surface area contributed by atoms with Crippen molar-refractivity contribution in [3.63, 3.8) is 0 Å². The van der Waals surface area contributed by atoms with Gasteiger partial charge in [-0.2, -0.15) is 0 Å². The third kappa shape index (κ3) is 5.14. The molecule has 0 amide bonds. The lowest BCUT2D eigenvalue weighted by Crippen LogP contribution is -2.10. The fourth-order valence-corrected chi connectivity index (χ4v) is 5.43. The molecule has 1 saturated carbocycles. The second kappa shape index (κ2) is 10.5. The number of thioether (sulfide) groups is 1. The first-order valence-corrected chi connectivity index (χ1v) is 11.8. The second-order valence-electron chi connectivity index (χ2n) is 7.90. The maximum Gasteiger partial charge on any atom is 0.151 e. The van der Waals surface area contributed by atoms with Crippen LogP contribution in [0.3, 0.4) is 0 Å². The van der Waals surface area contributed by atoms with Crippen molar-refractivity contribution in [2.75, 3.05) is 0 Å². The summed E-state index contributed by atoms with van der Waals surface area (Å²) in [6, 6.07) is 24.7. The van der Waals surface area contributed by atoms with E-state index in [2.05, 4.69) is 36.4 Å². The fourth-order valence-electron chi connectivity index (χ4n) is 4.22. The van der Waals surface area contributed by atoms with Crippen molar-refractivity contribution in [1.29, 1.82) is 0 Å². The smallest absolute Gasteiger partial charge is 0.151 e. The molecule has 3 aromatic carbocycles. The van der Waals surface area contributed by atoms with E-state index >= 15 is 0 Å². The zero-order chi connectivity index (χ0) is 20.6. The molecule has 4 rings (SSSR count). The lowest BCUT2D eigenvalue weighted by Gasteiger charge is -2.27. The maximum absolute atomic E-state index is 11.9. The van der Waals surface area contributed by atoms with Crippen LogP contribution in [0.4, 0.5) is 0 Å². The van der Waals surface area contributed by atoms with Crippen LogP contribution in [0.1, 0.15) is 65.1 Å². The normalized spacial score (nSPS) is 14.4. The number of aldehydes is 1. The zero-order valence-corrected chi connectivity index (χ0v) is 18.1. The van der Waals surface area contributed by atoms with Crippen molar-refractivity contribution in [3.8, 4) is 5.75 Å². The fraction of sp³-hybridized carbons (Fsp3) is 0.296. The van der Waals surface area contributed by atoms with E-state index in [0.717, 1.165) is 33.8 Å². The van der Waals surface area contributed by atoms with Gasteiger partial charge < -0.3 is 4.74 Å². The number of rotatable bonds is 8. The van der Waals surface area contributed by atoms with Crippen molar-refractivity contribution in [2.45, 2.75) is 55.3 Å². The van der Waals surface area contributed by atoms with Gasteiger partial charge in [0.1, 0.15) is 12.4 Å². The summed E-state index contributed by atoms with van der Waals surface area (Å²) in [6.07, 6.45) is 7.14. The van der Waals surface area contributed by atoms with Crippen molar-refractivity contribution >= 4 is 18.0 Å². The molecule has 1 fully saturated rings. The largest absolute Gasteiger partial charge is 0.489 e. The summed E-state index contributed by atoms with van der Waals surface area (Å²) in [5.74, 6) is 2.25. The highest BCUT2D eigenvalue weighted by Gasteiger charge is 2.25. The Balaban J connectivity index is 1.66. The van der Waals surface area contributed by atoms with Gasteiger partial charge in [0.15, 0.2) is 6.29 Å². The summed E-state index contributed by atoms with van der Waals surface area (Å²) >= 11 is 1.77. The van der Waals surface area contributed by atoms with Gasteiger partial charge in [-0.15, -0.1) is 11.8 Å². The molecule has 30 heavy (non-hydrogen) atoms. The standard InChI is InChI=1S/C27H28O2S/c28-18-24-16-17-25(29-19-21-10-4-1-5-11-21)26(23-14-8-3-9-15-23)27(24)30-20-22-12-6-2-7-13-22/h1-2,4-7,10-13,16-18,23H,3,8-9,14-15,19-20H2. The first kappa shape index (κ1) is 20.7. The van der Waals surface area contributed by atoms with Crippen molar-refractivity contribution in [3.05, 3.63) is 95.1 Å². The Bertz CT molecular complexity index is 947. The van der Waals surface area contributed by atoms with Gasteiger partial charge in [-0.25, -0.2) is 0 Å². The highest BCUT2D eigenvalue weighted by molar-refractivity contribution is 7.98. The second-order valence-corrected chi connectivity index (χ2v) is 8.88. The van der Waals surface area contributed by atoms with Gasteiger partial charge in [-0.3, -0.25) is 4.79 Å². The molecule has 3 aromatic rings. The first-order chi connectivity index (χ1) is 14.8. The number of carbonyl (C=O) groups is 1. The van der Waals surface area contributed by atoms with Crippen LogP contribution in [-0.2, 0) is 12.4 Å². The van der Waals surface area contributed by atoms with Gasteiger partial charge in [-0.05, 0) is 42.0 Å². The number of ether oxygens (including phenoxy) is 1. The Morgan fingerprint density at radius 1 is 0.833 bits per heavy atom. The van der Waals surface area contributed by atoms with Gasteiger partial charge in [0.05, 0.1) is 0 Å². The van der Waals surface area contributed by atoms with E-state index in [4.69, 9.17) is 4.74 Å². The Kier molecular flexibility index (Phi) is 7.25. The Hall–Kier alpha value is -2.52. The highest BCUT2D eigenvalue weighted by Crippen LogP contribution is 2.45. The molecule has 0 spiro atoms. The van der Waals surface area contributed by atoms with Crippen LogP contribution in [-0.4, -0.2) is 6.29 Å². The monoisotopic (exact) mass is 416 g/mol. The van der Waals surface area contributed by atoms with E-state index in [-0.39, 0.29) is 0 Å². The van der Waals surface area contributed by atoms with Crippen LogP contribution in [0.25, 0.3) is 0 Å². The summed E-state index contributed by atoms with van der Waals surface area (Å²) < 4.78 is 6.34. The quantitative estimate of drug-likeness (QED) is 0.282. The molecule has 0 bridgehead atoms. The van der Waals surface area contributed by atoms with E-state index in [1.807, 2.05) is 36.4 Å². The number of benzene rings is 3. The van der Waals surface area contributed by atoms with Crippen LogP contribution in [0.15, 0.2) is 77.7 Å². The van der Waals surface area contributed by atoms with Crippen molar-refractivity contribution in [2.24, 2.45) is 0 Å². The summed E-state index contributed by atoms with van der Waals surface area (Å²) in [5.41, 5.74) is 4.45. The average molecular weight is 417 g/mol.